The van der Waals surface area contributed by atoms with Crippen LogP contribution in [0.3, 0.4) is 0 Å². The van der Waals surface area contributed by atoms with Crippen molar-refractivity contribution in [1.29, 1.82) is 0 Å². The van der Waals surface area contributed by atoms with Gasteiger partial charge >= 0.3 is 0 Å². The standard InChI is InChI=1S/C26H35N5O4/c1-27-17-10-8-6-4-2-3-5-7-9-14-22(32)29-20-13-11-12-19-18-28-31(26(35)24(19)20)21-15-16-23(33)30-25(21)34/h11-13,18,21H,1-10,14-17H2,(H,29,32)(H,30,33,34). The Morgan fingerprint density at radius 2 is 1.74 bits per heavy atom. The Morgan fingerprint density at radius 3 is 2.43 bits per heavy atom. The molecule has 0 radical (unpaired) electrons. The summed E-state index contributed by atoms with van der Waals surface area (Å²) in [5.41, 5.74) is -0.0544. The lowest BCUT2D eigenvalue weighted by molar-refractivity contribution is -0.136. The van der Waals surface area contributed by atoms with Gasteiger partial charge < -0.3 is 10.3 Å². The van der Waals surface area contributed by atoms with Gasteiger partial charge in [0.1, 0.15) is 6.04 Å². The van der Waals surface area contributed by atoms with Crippen LogP contribution in [0.1, 0.15) is 83.1 Å². The van der Waals surface area contributed by atoms with Crippen LogP contribution in [0, 0.1) is 0 Å². The number of carbonyl (C=O) groups is 3. The number of benzene rings is 1. The number of unbranched alkanes of at least 4 members (excludes halogenated alkanes) is 8. The van der Waals surface area contributed by atoms with Crippen molar-refractivity contribution in [1.82, 2.24) is 15.1 Å². The molecule has 1 aliphatic heterocycles. The molecule has 0 saturated carbocycles. The fraction of sp³-hybridized carbons (Fsp3) is 0.538. The Balaban J connectivity index is 1.50. The first-order chi connectivity index (χ1) is 17.0. The third-order valence-electron chi connectivity index (χ3n) is 6.34. The third kappa shape index (κ3) is 7.56. The van der Waals surface area contributed by atoms with Gasteiger partial charge in [0.2, 0.25) is 11.8 Å². The van der Waals surface area contributed by atoms with Gasteiger partial charge in [-0.05, 0) is 32.0 Å². The Bertz CT molecular complexity index is 1110. The summed E-state index contributed by atoms with van der Waals surface area (Å²) >= 11 is 0. The highest BCUT2D eigenvalue weighted by molar-refractivity contribution is 6.02. The van der Waals surface area contributed by atoms with Gasteiger partial charge in [-0.2, -0.15) is 5.10 Å². The largest absolute Gasteiger partial charge is 0.325 e. The molecule has 0 spiro atoms. The summed E-state index contributed by atoms with van der Waals surface area (Å²) in [7, 11) is 0. The summed E-state index contributed by atoms with van der Waals surface area (Å²) in [5, 5.41) is 10.2. The average molecular weight is 482 g/mol. The smallest absolute Gasteiger partial charge is 0.277 e. The van der Waals surface area contributed by atoms with Gasteiger partial charge in [-0.1, -0.05) is 57.1 Å². The minimum absolute atomic E-state index is 0.142. The number of anilines is 1. The number of amides is 3. The van der Waals surface area contributed by atoms with E-state index in [2.05, 4.69) is 27.4 Å². The van der Waals surface area contributed by atoms with E-state index >= 15 is 0 Å². The number of nitrogens with one attached hydrogen (secondary N) is 2. The van der Waals surface area contributed by atoms with E-state index in [9.17, 15) is 19.2 Å². The molecule has 9 heteroatoms. The van der Waals surface area contributed by atoms with E-state index < -0.39 is 17.5 Å². The van der Waals surface area contributed by atoms with E-state index in [1.165, 1.54) is 38.3 Å². The second-order valence-electron chi connectivity index (χ2n) is 9.06. The Labute approximate surface area is 205 Å². The number of aliphatic imine (C=N–C) groups is 1. The van der Waals surface area contributed by atoms with Crippen LogP contribution in [0.25, 0.3) is 10.8 Å². The van der Waals surface area contributed by atoms with Crippen molar-refractivity contribution in [3.8, 4) is 0 Å². The second-order valence-corrected chi connectivity index (χ2v) is 9.06. The van der Waals surface area contributed by atoms with Crippen LogP contribution in [0.15, 0.2) is 34.2 Å². The van der Waals surface area contributed by atoms with Crippen LogP contribution in [0.4, 0.5) is 5.69 Å². The molecule has 1 aromatic heterocycles. The minimum atomic E-state index is -0.850. The number of aromatic nitrogens is 2. The molecule has 1 atom stereocenters. The van der Waals surface area contributed by atoms with Gasteiger partial charge in [0.05, 0.1) is 17.3 Å². The lowest BCUT2D eigenvalue weighted by atomic mass is 10.1. The fourth-order valence-electron chi connectivity index (χ4n) is 4.41. The first kappa shape index (κ1) is 26.2. The molecule has 3 amide bonds. The van der Waals surface area contributed by atoms with Crippen molar-refractivity contribution >= 4 is 40.9 Å². The molecule has 1 aromatic carbocycles. The Hall–Kier alpha value is -3.36. The quantitative estimate of drug-likeness (QED) is 0.241. The third-order valence-corrected chi connectivity index (χ3v) is 6.34. The molecule has 0 bridgehead atoms. The number of rotatable bonds is 14. The first-order valence-electron chi connectivity index (χ1n) is 12.6. The predicted octanol–water partition coefficient (Wildman–Crippen LogP) is 3.91. The van der Waals surface area contributed by atoms with Crippen molar-refractivity contribution in [2.24, 2.45) is 4.99 Å². The minimum Gasteiger partial charge on any atom is -0.325 e. The van der Waals surface area contributed by atoms with Crippen molar-refractivity contribution < 1.29 is 14.4 Å². The number of carbonyl (C=O) groups excluding carboxylic acids is 3. The van der Waals surface area contributed by atoms with Crippen LogP contribution in [-0.4, -0.2) is 40.8 Å². The number of nitrogens with zero attached hydrogens (tertiary/aromatic N) is 3. The van der Waals surface area contributed by atoms with Crippen LogP contribution >= 0.6 is 0 Å². The highest BCUT2D eigenvalue weighted by atomic mass is 16.2. The second kappa shape index (κ2) is 13.5. The summed E-state index contributed by atoms with van der Waals surface area (Å²) in [6.45, 7) is 4.35. The highest BCUT2D eigenvalue weighted by Gasteiger charge is 2.30. The monoisotopic (exact) mass is 481 g/mol. The van der Waals surface area contributed by atoms with Crippen LogP contribution in [-0.2, 0) is 14.4 Å². The van der Waals surface area contributed by atoms with Gasteiger partial charge in [0, 0.05) is 24.8 Å². The maximum Gasteiger partial charge on any atom is 0.277 e. The maximum absolute atomic E-state index is 13.2. The molecular weight excluding hydrogens is 446 g/mol. The van der Waals surface area contributed by atoms with Crippen molar-refractivity contribution in [2.75, 3.05) is 11.9 Å². The molecule has 9 nitrogen and oxygen atoms in total. The van der Waals surface area contributed by atoms with Gasteiger partial charge in [0.25, 0.3) is 11.5 Å². The molecule has 2 aromatic rings. The summed E-state index contributed by atoms with van der Waals surface area (Å²) in [6.07, 6.45) is 12.4. The summed E-state index contributed by atoms with van der Waals surface area (Å²) < 4.78 is 1.11. The predicted molar refractivity (Wildman–Crippen MR) is 137 cm³/mol. The van der Waals surface area contributed by atoms with Gasteiger partial charge in [-0.3, -0.25) is 24.5 Å². The van der Waals surface area contributed by atoms with E-state index in [0.717, 1.165) is 36.9 Å². The molecule has 1 fully saturated rings. The normalized spacial score (nSPS) is 15.7. The van der Waals surface area contributed by atoms with E-state index in [0.29, 0.717) is 22.9 Å². The van der Waals surface area contributed by atoms with Crippen molar-refractivity contribution in [3.05, 3.63) is 34.7 Å². The van der Waals surface area contributed by atoms with E-state index in [1.807, 2.05) is 0 Å². The SMILES string of the molecule is C=NCCCCCCCCCCCC(=O)Nc1cccc2cnn(C3CCC(=O)NC3=O)c(=O)c12. The molecule has 188 valence electrons. The summed E-state index contributed by atoms with van der Waals surface area (Å²) in [6, 6.07) is 4.33. The van der Waals surface area contributed by atoms with Crippen LogP contribution < -0.4 is 16.2 Å². The number of piperidine rings is 1. The molecule has 3 rings (SSSR count). The molecular formula is C26H35N5O4. The fourth-order valence-corrected chi connectivity index (χ4v) is 4.41. The van der Waals surface area contributed by atoms with Crippen LogP contribution in [0.2, 0.25) is 0 Å². The summed E-state index contributed by atoms with van der Waals surface area (Å²) in [4.78, 5) is 53.3. The number of hydrogen-bond donors (Lipinski definition) is 2. The lowest BCUT2D eigenvalue weighted by Gasteiger charge is -2.22. The van der Waals surface area contributed by atoms with E-state index in [-0.39, 0.29) is 24.7 Å². The maximum atomic E-state index is 13.2. The molecule has 2 N–H and O–H groups in total. The van der Waals surface area contributed by atoms with Gasteiger partial charge in [-0.25, -0.2) is 4.68 Å². The zero-order valence-corrected chi connectivity index (χ0v) is 20.3. The number of imide groups is 1. The Kier molecular flexibility index (Phi) is 10.1. The van der Waals surface area contributed by atoms with Crippen molar-refractivity contribution in [2.45, 2.75) is 83.1 Å². The molecule has 2 heterocycles. The first-order valence-corrected chi connectivity index (χ1v) is 12.6. The van der Waals surface area contributed by atoms with Crippen LogP contribution in [0.5, 0.6) is 0 Å². The molecule has 1 saturated heterocycles. The molecule has 1 unspecified atom stereocenters. The summed E-state index contributed by atoms with van der Waals surface area (Å²) in [5.74, 6) is -1.04. The van der Waals surface area contributed by atoms with Gasteiger partial charge in [0.15, 0.2) is 0 Å². The zero-order chi connectivity index (χ0) is 25.0. The molecule has 0 aliphatic carbocycles. The Morgan fingerprint density at radius 1 is 1.06 bits per heavy atom. The topological polar surface area (TPSA) is 123 Å². The molecule has 1 aliphatic rings. The lowest BCUT2D eigenvalue weighted by Crippen LogP contribution is -2.45. The number of fused-ring (bicyclic) bond motifs is 1. The zero-order valence-electron chi connectivity index (χ0n) is 20.3. The van der Waals surface area contributed by atoms with Crippen molar-refractivity contribution in [3.63, 3.8) is 0 Å². The average Bonchev–Trinajstić information content (AvgIpc) is 2.83. The highest BCUT2D eigenvalue weighted by Crippen LogP contribution is 2.22. The molecule has 35 heavy (non-hydrogen) atoms. The number of hydrogen-bond acceptors (Lipinski definition) is 6. The van der Waals surface area contributed by atoms with E-state index in [4.69, 9.17) is 0 Å². The van der Waals surface area contributed by atoms with Gasteiger partial charge in [-0.15, -0.1) is 0 Å². The van der Waals surface area contributed by atoms with E-state index in [1.54, 1.807) is 18.2 Å².